The minimum absolute atomic E-state index is 0.205. The molecule has 0 spiro atoms. The van der Waals surface area contributed by atoms with Crippen molar-refractivity contribution >= 4 is 17.7 Å². The molecule has 190 valence electrons. The molecule has 7 nitrogen and oxygen atoms in total. The Morgan fingerprint density at radius 1 is 1.14 bits per heavy atom. The van der Waals surface area contributed by atoms with Crippen molar-refractivity contribution in [3.8, 4) is 0 Å². The van der Waals surface area contributed by atoms with Crippen LogP contribution in [-0.2, 0) is 24.0 Å². The van der Waals surface area contributed by atoms with Gasteiger partial charge in [-0.25, -0.2) is 13.9 Å². The number of benzene rings is 2. The van der Waals surface area contributed by atoms with Crippen LogP contribution in [0.5, 0.6) is 0 Å². The number of hydrogen-bond donors (Lipinski definition) is 1. The van der Waals surface area contributed by atoms with Gasteiger partial charge in [0.1, 0.15) is 17.2 Å². The second-order valence-electron chi connectivity index (χ2n) is 8.55. The molecular weight excluding hydrogens is 480 g/mol. The molecule has 1 amide bonds. The lowest BCUT2D eigenvalue weighted by atomic mass is 10.0. The highest BCUT2D eigenvalue weighted by molar-refractivity contribution is 6.00. The first kappa shape index (κ1) is 25.2. The molecule has 3 aromatic rings. The van der Waals surface area contributed by atoms with E-state index in [1.807, 2.05) is 4.90 Å². The van der Waals surface area contributed by atoms with Crippen LogP contribution in [0.1, 0.15) is 56.1 Å². The Labute approximate surface area is 204 Å². The highest BCUT2D eigenvalue weighted by atomic mass is 19.4. The summed E-state index contributed by atoms with van der Waals surface area (Å²) in [6.07, 6.45) is -4.41. The Hall–Kier alpha value is -3.89. The molecule has 36 heavy (non-hydrogen) atoms. The number of carbonyl (C=O) groups excluding carboxylic acids is 2. The SMILES string of the molecule is COC(=O)c1ccc([C@H](C)NC(=O)c2c(C)nn3c2N(Cc2ccc(C(F)(F)F)cc2)CC3)cc1F. The number of methoxy groups -OCH3 is 1. The van der Waals surface area contributed by atoms with Crippen LogP contribution in [-0.4, -0.2) is 35.3 Å². The van der Waals surface area contributed by atoms with E-state index < -0.39 is 35.5 Å². The molecule has 0 radical (unpaired) electrons. The molecule has 0 unspecified atom stereocenters. The number of esters is 1. The number of nitrogens with one attached hydrogen (secondary N) is 1. The van der Waals surface area contributed by atoms with Crippen LogP contribution in [0, 0.1) is 12.7 Å². The Morgan fingerprint density at radius 2 is 1.83 bits per heavy atom. The number of carbonyl (C=O) groups is 2. The van der Waals surface area contributed by atoms with E-state index in [-0.39, 0.29) is 5.56 Å². The standard InChI is InChI=1S/C25H24F4N4O3/c1-14(17-6-9-19(20(26)12-17)24(35)36-3)30-22(34)21-15(2)31-33-11-10-32(23(21)33)13-16-4-7-18(8-5-16)25(27,28)29/h4-9,12,14H,10-11,13H2,1-3H3,(H,30,34)/t14-/m0/s1. The van der Waals surface area contributed by atoms with Crippen LogP contribution in [0.15, 0.2) is 42.5 Å². The van der Waals surface area contributed by atoms with Gasteiger partial charge in [-0.15, -0.1) is 0 Å². The average molecular weight is 504 g/mol. The predicted molar refractivity (Wildman–Crippen MR) is 123 cm³/mol. The molecule has 0 bridgehead atoms. The Kier molecular flexibility index (Phi) is 6.75. The van der Waals surface area contributed by atoms with Crippen LogP contribution in [0.4, 0.5) is 23.4 Å². The van der Waals surface area contributed by atoms with Crippen LogP contribution in [0.3, 0.4) is 0 Å². The first-order valence-electron chi connectivity index (χ1n) is 11.2. The third-order valence-corrected chi connectivity index (χ3v) is 6.11. The summed E-state index contributed by atoms with van der Waals surface area (Å²) in [6, 6.07) is 8.33. The molecule has 2 heterocycles. The minimum atomic E-state index is -4.41. The lowest BCUT2D eigenvalue weighted by Gasteiger charge is -2.21. The summed E-state index contributed by atoms with van der Waals surface area (Å²) in [6.45, 7) is 4.76. The Balaban J connectivity index is 1.52. The highest BCUT2D eigenvalue weighted by Gasteiger charge is 2.32. The van der Waals surface area contributed by atoms with Crippen molar-refractivity contribution in [1.29, 1.82) is 0 Å². The minimum Gasteiger partial charge on any atom is -0.465 e. The van der Waals surface area contributed by atoms with Crippen molar-refractivity contribution in [2.45, 2.75) is 39.2 Å². The van der Waals surface area contributed by atoms with Crippen molar-refractivity contribution in [3.05, 3.63) is 81.8 Å². The van der Waals surface area contributed by atoms with Crippen LogP contribution >= 0.6 is 0 Å². The first-order chi connectivity index (χ1) is 17.0. The normalized spacial score (nSPS) is 13.9. The lowest BCUT2D eigenvalue weighted by Crippen LogP contribution is -2.29. The molecule has 1 aliphatic heterocycles. The molecule has 1 aliphatic rings. The predicted octanol–water partition coefficient (Wildman–Crippen LogP) is 4.65. The summed E-state index contributed by atoms with van der Waals surface area (Å²) in [5, 5.41) is 7.28. The van der Waals surface area contributed by atoms with E-state index in [0.717, 1.165) is 19.2 Å². The summed E-state index contributed by atoms with van der Waals surface area (Å²) < 4.78 is 59.2. The van der Waals surface area contributed by atoms with Gasteiger partial charge in [0.2, 0.25) is 0 Å². The maximum Gasteiger partial charge on any atom is 0.416 e. The van der Waals surface area contributed by atoms with E-state index in [4.69, 9.17) is 0 Å². The number of ether oxygens (including phenoxy) is 1. The van der Waals surface area contributed by atoms with Gasteiger partial charge in [-0.05, 0) is 49.2 Å². The summed E-state index contributed by atoms with van der Waals surface area (Å²) in [7, 11) is 1.16. The zero-order valence-electron chi connectivity index (χ0n) is 19.8. The molecule has 4 rings (SSSR count). The smallest absolute Gasteiger partial charge is 0.416 e. The van der Waals surface area contributed by atoms with Gasteiger partial charge in [-0.3, -0.25) is 4.79 Å². The fraction of sp³-hybridized carbons (Fsp3) is 0.320. The van der Waals surface area contributed by atoms with Gasteiger partial charge in [-0.2, -0.15) is 18.3 Å². The summed E-state index contributed by atoms with van der Waals surface area (Å²) in [5.41, 5.74) is 1.03. The molecule has 0 saturated carbocycles. The topological polar surface area (TPSA) is 76.5 Å². The van der Waals surface area contributed by atoms with Gasteiger partial charge >= 0.3 is 12.1 Å². The number of anilines is 1. The van der Waals surface area contributed by atoms with Crippen LogP contribution < -0.4 is 10.2 Å². The van der Waals surface area contributed by atoms with Crippen molar-refractivity contribution in [1.82, 2.24) is 15.1 Å². The third-order valence-electron chi connectivity index (χ3n) is 6.11. The molecular formula is C25H24F4N4O3. The third kappa shape index (κ3) is 4.91. The second kappa shape index (κ2) is 9.63. The summed E-state index contributed by atoms with van der Waals surface area (Å²) in [4.78, 5) is 26.8. The van der Waals surface area contributed by atoms with E-state index in [1.54, 1.807) is 18.5 Å². The van der Waals surface area contributed by atoms with Crippen LogP contribution in [0.25, 0.3) is 0 Å². The molecule has 1 atom stereocenters. The number of amides is 1. The number of aryl methyl sites for hydroxylation is 1. The molecule has 2 aromatic carbocycles. The lowest BCUT2D eigenvalue weighted by molar-refractivity contribution is -0.137. The molecule has 1 N–H and O–H groups in total. The van der Waals surface area contributed by atoms with Crippen LogP contribution in [0.2, 0.25) is 0 Å². The monoisotopic (exact) mass is 504 g/mol. The van der Waals surface area contributed by atoms with E-state index in [1.165, 1.54) is 30.3 Å². The summed E-state index contributed by atoms with van der Waals surface area (Å²) in [5.74, 6) is -1.40. The Bertz CT molecular complexity index is 1300. The number of aromatic nitrogens is 2. The maximum atomic E-state index is 14.4. The van der Waals surface area contributed by atoms with Crippen molar-refractivity contribution in [2.75, 3.05) is 18.6 Å². The van der Waals surface area contributed by atoms with Gasteiger partial charge in [0.15, 0.2) is 0 Å². The fourth-order valence-electron chi connectivity index (χ4n) is 4.24. The van der Waals surface area contributed by atoms with Gasteiger partial charge in [0, 0.05) is 13.1 Å². The molecule has 0 saturated heterocycles. The molecule has 0 fully saturated rings. The number of alkyl halides is 3. The van der Waals surface area contributed by atoms with Gasteiger partial charge in [-0.1, -0.05) is 18.2 Å². The maximum absolute atomic E-state index is 14.4. The first-order valence-corrected chi connectivity index (χ1v) is 11.2. The van der Waals surface area contributed by atoms with E-state index in [2.05, 4.69) is 15.2 Å². The number of rotatable bonds is 6. The van der Waals surface area contributed by atoms with Gasteiger partial charge in [0.25, 0.3) is 5.91 Å². The zero-order valence-corrected chi connectivity index (χ0v) is 19.8. The van der Waals surface area contributed by atoms with Crippen molar-refractivity contribution in [2.24, 2.45) is 0 Å². The number of fused-ring (bicyclic) bond motifs is 1. The Morgan fingerprint density at radius 3 is 2.44 bits per heavy atom. The zero-order chi connectivity index (χ0) is 26.2. The average Bonchev–Trinajstić information content (AvgIpc) is 3.36. The van der Waals surface area contributed by atoms with Gasteiger partial charge < -0.3 is 15.0 Å². The number of hydrogen-bond acceptors (Lipinski definition) is 5. The van der Waals surface area contributed by atoms with E-state index in [9.17, 15) is 27.2 Å². The largest absolute Gasteiger partial charge is 0.465 e. The number of nitrogens with zero attached hydrogens (tertiary/aromatic N) is 3. The van der Waals surface area contributed by atoms with Crippen molar-refractivity contribution in [3.63, 3.8) is 0 Å². The molecule has 1 aromatic heterocycles. The quantitative estimate of drug-likeness (QED) is 0.391. The summed E-state index contributed by atoms with van der Waals surface area (Å²) >= 11 is 0. The molecule has 0 aliphatic carbocycles. The molecule has 11 heteroatoms. The highest BCUT2D eigenvalue weighted by Crippen LogP contribution is 2.32. The van der Waals surface area contributed by atoms with E-state index >= 15 is 0 Å². The number of halogens is 4. The fourth-order valence-corrected chi connectivity index (χ4v) is 4.24. The second-order valence-corrected chi connectivity index (χ2v) is 8.55. The van der Waals surface area contributed by atoms with E-state index in [0.29, 0.717) is 47.8 Å². The van der Waals surface area contributed by atoms with Gasteiger partial charge in [0.05, 0.1) is 36.5 Å². The van der Waals surface area contributed by atoms with Crippen molar-refractivity contribution < 1.29 is 31.9 Å².